The van der Waals surface area contributed by atoms with Crippen molar-refractivity contribution in [2.45, 2.75) is 0 Å². The molecule has 21 heavy (non-hydrogen) atoms. The van der Waals surface area contributed by atoms with Crippen LogP contribution in [0.25, 0.3) is 0 Å². The Bertz CT molecular complexity index is 667. The van der Waals surface area contributed by atoms with E-state index in [4.69, 9.17) is 10.5 Å². The van der Waals surface area contributed by atoms with Gasteiger partial charge in [0.05, 0.1) is 5.56 Å². The highest BCUT2D eigenvalue weighted by Gasteiger charge is 2.16. The Morgan fingerprint density at radius 1 is 1.10 bits per heavy atom. The molecule has 0 saturated heterocycles. The number of nitrogen functional groups attached to an aromatic ring is 1. The maximum Gasteiger partial charge on any atom is 0.257 e. The van der Waals surface area contributed by atoms with Crippen LogP contribution in [0, 0.1) is 11.6 Å². The van der Waals surface area contributed by atoms with Crippen LogP contribution in [0.15, 0.2) is 36.4 Å². The number of ether oxygens (including phenoxy) is 1. The Morgan fingerprint density at radius 2 is 1.71 bits per heavy atom. The van der Waals surface area contributed by atoms with E-state index >= 15 is 0 Å². The third-order valence-electron chi connectivity index (χ3n) is 2.71. The van der Waals surface area contributed by atoms with Crippen molar-refractivity contribution in [3.63, 3.8) is 0 Å². The van der Waals surface area contributed by atoms with Crippen molar-refractivity contribution >= 4 is 11.6 Å². The predicted octanol–water partition coefficient (Wildman–Crippen LogP) is 3.04. The highest BCUT2D eigenvalue weighted by atomic mass is 19.1. The number of anilines is 1. The SMILES string of the molecule is CN(C)C(=O)c1ccc(N)cc1Oc1cc(F)cc(F)c1. The predicted molar refractivity (Wildman–Crippen MR) is 75.3 cm³/mol. The first-order valence-electron chi connectivity index (χ1n) is 6.12. The van der Waals surface area contributed by atoms with Gasteiger partial charge >= 0.3 is 0 Å². The molecule has 6 heteroatoms. The molecule has 0 bridgehead atoms. The largest absolute Gasteiger partial charge is 0.456 e. The number of nitrogens with zero attached hydrogens (tertiary/aromatic N) is 1. The number of hydrogen-bond acceptors (Lipinski definition) is 3. The zero-order valence-electron chi connectivity index (χ0n) is 11.6. The fraction of sp³-hybridized carbons (Fsp3) is 0.133. The third kappa shape index (κ3) is 3.47. The molecule has 2 aromatic carbocycles. The lowest BCUT2D eigenvalue weighted by Gasteiger charge is -2.15. The Balaban J connectivity index is 2.43. The number of halogens is 2. The number of carbonyl (C=O) groups is 1. The van der Waals surface area contributed by atoms with Crippen molar-refractivity contribution in [3.8, 4) is 11.5 Å². The molecular formula is C15H14F2N2O2. The lowest BCUT2D eigenvalue weighted by molar-refractivity contribution is 0.0825. The molecule has 110 valence electrons. The second kappa shape index (κ2) is 5.78. The number of hydrogen-bond donors (Lipinski definition) is 1. The van der Waals surface area contributed by atoms with Gasteiger partial charge in [0.15, 0.2) is 0 Å². The van der Waals surface area contributed by atoms with Gasteiger partial charge in [-0.3, -0.25) is 4.79 Å². The topological polar surface area (TPSA) is 55.6 Å². The fourth-order valence-corrected chi connectivity index (χ4v) is 1.76. The highest BCUT2D eigenvalue weighted by Crippen LogP contribution is 2.29. The van der Waals surface area contributed by atoms with Gasteiger partial charge in [0.1, 0.15) is 23.1 Å². The van der Waals surface area contributed by atoms with Gasteiger partial charge in [-0.15, -0.1) is 0 Å². The minimum absolute atomic E-state index is 0.0501. The van der Waals surface area contributed by atoms with Gasteiger partial charge in [-0.1, -0.05) is 0 Å². The van der Waals surface area contributed by atoms with Crippen LogP contribution in [0.3, 0.4) is 0 Å². The second-order valence-corrected chi connectivity index (χ2v) is 4.66. The minimum Gasteiger partial charge on any atom is -0.456 e. The van der Waals surface area contributed by atoms with Crippen LogP contribution in [-0.2, 0) is 0 Å². The summed E-state index contributed by atoms with van der Waals surface area (Å²) in [6.07, 6.45) is 0. The summed E-state index contributed by atoms with van der Waals surface area (Å²) in [5.41, 5.74) is 6.29. The van der Waals surface area contributed by atoms with Gasteiger partial charge in [0.25, 0.3) is 5.91 Å². The summed E-state index contributed by atoms with van der Waals surface area (Å²) in [6.45, 7) is 0. The summed E-state index contributed by atoms with van der Waals surface area (Å²) in [6, 6.07) is 7.27. The van der Waals surface area contributed by atoms with Crippen LogP contribution in [0.5, 0.6) is 11.5 Å². The molecular weight excluding hydrogens is 278 g/mol. The average Bonchev–Trinajstić information content (AvgIpc) is 2.36. The van der Waals surface area contributed by atoms with Gasteiger partial charge in [0, 0.05) is 44.0 Å². The summed E-state index contributed by atoms with van der Waals surface area (Å²) >= 11 is 0. The van der Waals surface area contributed by atoms with Crippen LogP contribution in [0.1, 0.15) is 10.4 Å². The molecule has 0 saturated carbocycles. The van der Waals surface area contributed by atoms with E-state index in [0.717, 1.165) is 18.2 Å². The maximum absolute atomic E-state index is 13.2. The first-order valence-corrected chi connectivity index (χ1v) is 6.12. The number of rotatable bonds is 3. The zero-order valence-corrected chi connectivity index (χ0v) is 11.6. The summed E-state index contributed by atoms with van der Waals surface area (Å²) < 4.78 is 31.8. The normalized spacial score (nSPS) is 10.3. The second-order valence-electron chi connectivity index (χ2n) is 4.66. The zero-order chi connectivity index (χ0) is 15.6. The molecule has 0 aliphatic carbocycles. The summed E-state index contributed by atoms with van der Waals surface area (Å²) in [5, 5.41) is 0. The molecule has 2 rings (SSSR count). The van der Waals surface area contributed by atoms with Gasteiger partial charge in [-0.05, 0) is 12.1 Å². The standard InChI is InChI=1S/C15H14F2N2O2/c1-19(2)15(20)13-4-3-11(18)8-14(13)21-12-6-9(16)5-10(17)7-12/h3-8H,18H2,1-2H3. The number of carbonyl (C=O) groups excluding carboxylic acids is 1. The quantitative estimate of drug-likeness (QED) is 0.885. The van der Waals surface area contributed by atoms with E-state index in [1.165, 1.54) is 17.0 Å². The van der Waals surface area contributed by atoms with Crippen LogP contribution < -0.4 is 10.5 Å². The Morgan fingerprint density at radius 3 is 2.29 bits per heavy atom. The lowest BCUT2D eigenvalue weighted by atomic mass is 10.1. The Labute approximate surface area is 120 Å². The van der Waals surface area contributed by atoms with Crippen molar-refractivity contribution in [2.75, 3.05) is 19.8 Å². The highest BCUT2D eigenvalue weighted by molar-refractivity contribution is 5.97. The fourth-order valence-electron chi connectivity index (χ4n) is 1.76. The van der Waals surface area contributed by atoms with E-state index in [1.807, 2.05) is 0 Å². The molecule has 2 aromatic rings. The van der Waals surface area contributed by atoms with E-state index < -0.39 is 11.6 Å². The van der Waals surface area contributed by atoms with Crippen LogP contribution in [0.4, 0.5) is 14.5 Å². The molecule has 0 aromatic heterocycles. The molecule has 2 N–H and O–H groups in total. The molecule has 0 radical (unpaired) electrons. The van der Waals surface area contributed by atoms with Crippen molar-refractivity contribution in [1.29, 1.82) is 0 Å². The Hall–Kier alpha value is -2.63. The van der Waals surface area contributed by atoms with Crippen molar-refractivity contribution < 1.29 is 18.3 Å². The van der Waals surface area contributed by atoms with Crippen LogP contribution in [0.2, 0.25) is 0 Å². The van der Waals surface area contributed by atoms with Crippen LogP contribution >= 0.6 is 0 Å². The lowest BCUT2D eigenvalue weighted by Crippen LogP contribution is -2.22. The van der Waals surface area contributed by atoms with E-state index in [0.29, 0.717) is 5.69 Å². The van der Waals surface area contributed by atoms with Gasteiger partial charge in [-0.25, -0.2) is 8.78 Å². The molecule has 1 amide bonds. The molecule has 0 unspecified atom stereocenters. The Kier molecular flexibility index (Phi) is 4.07. The van der Waals surface area contributed by atoms with Crippen molar-refractivity contribution in [2.24, 2.45) is 0 Å². The summed E-state index contributed by atoms with van der Waals surface area (Å²) in [4.78, 5) is 13.4. The summed E-state index contributed by atoms with van der Waals surface area (Å²) in [7, 11) is 3.18. The van der Waals surface area contributed by atoms with E-state index in [9.17, 15) is 13.6 Å². The average molecular weight is 292 g/mol. The van der Waals surface area contributed by atoms with E-state index in [-0.39, 0.29) is 23.0 Å². The molecule has 0 atom stereocenters. The summed E-state index contributed by atoms with van der Waals surface area (Å²) in [5.74, 6) is -1.75. The van der Waals surface area contributed by atoms with Gasteiger partial charge in [0.2, 0.25) is 0 Å². The van der Waals surface area contributed by atoms with Crippen molar-refractivity contribution in [3.05, 3.63) is 53.6 Å². The van der Waals surface area contributed by atoms with Crippen molar-refractivity contribution in [1.82, 2.24) is 4.90 Å². The number of nitrogens with two attached hydrogens (primary N) is 1. The number of amides is 1. The van der Waals surface area contributed by atoms with E-state index in [1.54, 1.807) is 20.2 Å². The smallest absolute Gasteiger partial charge is 0.257 e. The molecule has 0 aliphatic rings. The molecule has 0 heterocycles. The minimum atomic E-state index is -0.769. The van der Waals surface area contributed by atoms with Gasteiger partial charge in [-0.2, -0.15) is 0 Å². The monoisotopic (exact) mass is 292 g/mol. The maximum atomic E-state index is 13.2. The number of benzene rings is 2. The first kappa shape index (κ1) is 14.8. The van der Waals surface area contributed by atoms with Gasteiger partial charge < -0.3 is 15.4 Å². The molecule has 0 fully saturated rings. The molecule has 0 spiro atoms. The van der Waals surface area contributed by atoms with Crippen LogP contribution in [-0.4, -0.2) is 24.9 Å². The molecule has 4 nitrogen and oxygen atoms in total. The first-order chi connectivity index (χ1) is 9.86. The third-order valence-corrected chi connectivity index (χ3v) is 2.71. The molecule has 0 aliphatic heterocycles. The van der Waals surface area contributed by atoms with E-state index in [2.05, 4.69) is 0 Å².